The number of rotatable bonds is 8. The Labute approximate surface area is 132 Å². The maximum absolute atomic E-state index is 13.8. The van der Waals surface area contributed by atoms with Crippen molar-refractivity contribution in [1.29, 1.82) is 0 Å². The molecule has 2 aromatic rings. The monoisotopic (exact) mass is 300 g/mol. The van der Waals surface area contributed by atoms with Crippen LogP contribution in [0.1, 0.15) is 50.3 Å². The first-order valence-corrected chi connectivity index (χ1v) is 8.13. The molecule has 0 fully saturated rings. The SMILES string of the molecule is CCC=C(F)Cn1cncc1CC(CCC)c1ccccc1. The van der Waals surface area contributed by atoms with Gasteiger partial charge in [0.05, 0.1) is 12.9 Å². The van der Waals surface area contributed by atoms with Crippen LogP contribution in [0.15, 0.2) is 54.8 Å². The molecular formula is C19H25FN2. The molecule has 0 N–H and O–H groups in total. The Bertz CT molecular complexity index is 586. The van der Waals surface area contributed by atoms with Gasteiger partial charge in [-0.05, 0) is 30.7 Å². The molecule has 0 aliphatic carbocycles. The number of benzene rings is 1. The molecule has 0 aliphatic rings. The van der Waals surface area contributed by atoms with Gasteiger partial charge in [-0.2, -0.15) is 0 Å². The Morgan fingerprint density at radius 1 is 1.27 bits per heavy atom. The number of halogens is 1. The Kier molecular flexibility index (Phi) is 6.38. The van der Waals surface area contributed by atoms with E-state index in [1.54, 1.807) is 12.4 Å². The quantitative estimate of drug-likeness (QED) is 0.649. The van der Waals surface area contributed by atoms with E-state index in [9.17, 15) is 4.39 Å². The molecule has 3 heteroatoms. The standard InChI is InChI=1S/C19H25FN2/c1-3-8-17(16-10-6-5-7-11-16)12-19-13-21-15-22(19)14-18(20)9-4-2/h5-7,9-11,13,15,17H,3-4,8,12,14H2,1-2H3. The van der Waals surface area contributed by atoms with Crippen molar-refractivity contribution in [3.05, 3.63) is 66.0 Å². The molecule has 1 heterocycles. The van der Waals surface area contributed by atoms with Gasteiger partial charge in [0.2, 0.25) is 0 Å². The van der Waals surface area contributed by atoms with Crippen molar-refractivity contribution in [2.45, 2.75) is 52.0 Å². The summed E-state index contributed by atoms with van der Waals surface area (Å²) in [6.07, 6.45) is 9.11. The third-order valence-electron chi connectivity index (χ3n) is 3.91. The Morgan fingerprint density at radius 3 is 2.73 bits per heavy atom. The normalized spacial score (nSPS) is 13.3. The largest absolute Gasteiger partial charge is 0.328 e. The van der Waals surface area contributed by atoms with Crippen LogP contribution in [0.5, 0.6) is 0 Å². The summed E-state index contributed by atoms with van der Waals surface area (Å²) >= 11 is 0. The minimum Gasteiger partial charge on any atom is -0.328 e. The number of imidazole rings is 1. The van der Waals surface area contributed by atoms with E-state index in [1.165, 1.54) is 5.56 Å². The number of nitrogens with zero attached hydrogens (tertiary/aromatic N) is 2. The topological polar surface area (TPSA) is 17.8 Å². The molecule has 0 saturated carbocycles. The van der Waals surface area contributed by atoms with E-state index >= 15 is 0 Å². The van der Waals surface area contributed by atoms with Crippen LogP contribution in [-0.2, 0) is 13.0 Å². The molecule has 0 aliphatic heterocycles. The second-order valence-electron chi connectivity index (χ2n) is 5.67. The van der Waals surface area contributed by atoms with Gasteiger partial charge < -0.3 is 4.57 Å². The average molecular weight is 300 g/mol. The molecule has 0 bridgehead atoms. The van der Waals surface area contributed by atoms with Crippen LogP contribution in [0.25, 0.3) is 0 Å². The lowest BCUT2D eigenvalue weighted by atomic mass is 9.90. The highest BCUT2D eigenvalue weighted by Gasteiger charge is 2.14. The van der Waals surface area contributed by atoms with E-state index in [-0.39, 0.29) is 12.4 Å². The molecule has 2 rings (SSSR count). The number of hydrogen-bond acceptors (Lipinski definition) is 1. The van der Waals surface area contributed by atoms with Gasteiger partial charge in [-0.25, -0.2) is 9.37 Å². The maximum atomic E-state index is 13.8. The highest BCUT2D eigenvalue weighted by atomic mass is 19.1. The summed E-state index contributed by atoms with van der Waals surface area (Å²) in [4.78, 5) is 4.21. The lowest BCUT2D eigenvalue weighted by molar-refractivity contribution is 0.528. The summed E-state index contributed by atoms with van der Waals surface area (Å²) in [7, 11) is 0. The second kappa shape index (κ2) is 8.52. The van der Waals surface area contributed by atoms with E-state index in [2.05, 4.69) is 36.2 Å². The average Bonchev–Trinajstić information content (AvgIpc) is 2.95. The molecule has 0 amide bonds. The van der Waals surface area contributed by atoms with Crippen LogP contribution in [0.3, 0.4) is 0 Å². The summed E-state index contributed by atoms with van der Waals surface area (Å²) in [5.74, 6) is 0.369. The van der Waals surface area contributed by atoms with Gasteiger partial charge in [0, 0.05) is 11.9 Å². The zero-order chi connectivity index (χ0) is 15.8. The molecule has 1 aromatic carbocycles. The second-order valence-corrected chi connectivity index (χ2v) is 5.67. The van der Waals surface area contributed by atoms with Gasteiger partial charge >= 0.3 is 0 Å². The minimum atomic E-state index is -0.0893. The fraction of sp³-hybridized carbons (Fsp3) is 0.421. The van der Waals surface area contributed by atoms with Crippen molar-refractivity contribution in [3.8, 4) is 0 Å². The van der Waals surface area contributed by atoms with E-state index in [4.69, 9.17) is 0 Å². The molecule has 0 saturated heterocycles. The fourth-order valence-corrected chi connectivity index (χ4v) is 2.82. The minimum absolute atomic E-state index is 0.0893. The van der Waals surface area contributed by atoms with Crippen LogP contribution in [-0.4, -0.2) is 9.55 Å². The van der Waals surface area contributed by atoms with Crippen LogP contribution >= 0.6 is 0 Å². The summed E-state index contributed by atoms with van der Waals surface area (Å²) in [6.45, 7) is 4.44. The van der Waals surface area contributed by atoms with Crippen molar-refractivity contribution in [1.82, 2.24) is 9.55 Å². The number of allylic oxidation sites excluding steroid dienone is 2. The molecule has 1 unspecified atom stereocenters. The third kappa shape index (κ3) is 4.55. The maximum Gasteiger partial charge on any atom is 0.116 e. The van der Waals surface area contributed by atoms with Crippen LogP contribution < -0.4 is 0 Å². The first-order valence-electron chi connectivity index (χ1n) is 8.13. The molecule has 22 heavy (non-hydrogen) atoms. The van der Waals surface area contributed by atoms with E-state index in [1.807, 2.05) is 23.8 Å². The first kappa shape index (κ1) is 16.5. The smallest absolute Gasteiger partial charge is 0.116 e. The highest BCUT2D eigenvalue weighted by molar-refractivity contribution is 5.21. The molecule has 2 nitrogen and oxygen atoms in total. The Balaban J connectivity index is 2.14. The fourth-order valence-electron chi connectivity index (χ4n) is 2.82. The number of aromatic nitrogens is 2. The van der Waals surface area contributed by atoms with Gasteiger partial charge in [-0.1, -0.05) is 56.7 Å². The summed E-state index contributed by atoms with van der Waals surface area (Å²) in [5, 5.41) is 0. The Hall–Kier alpha value is -1.90. The predicted molar refractivity (Wildman–Crippen MR) is 89.5 cm³/mol. The van der Waals surface area contributed by atoms with Gasteiger partial charge in [0.25, 0.3) is 0 Å². The summed E-state index contributed by atoms with van der Waals surface area (Å²) < 4.78 is 15.7. The predicted octanol–water partition coefficient (Wildman–Crippen LogP) is 5.27. The summed E-state index contributed by atoms with van der Waals surface area (Å²) in [5.41, 5.74) is 2.45. The zero-order valence-corrected chi connectivity index (χ0v) is 13.5. The molecule has 1 atom stereocenters. The van der Waals surface area contributed by atoms with Gasteiger partial charge in [-0.15, -0.1) is 0 Å². The molecular weight excluding hydrogens is 275 g/mol. The highest BCUT2D eigenvalue weighted by Crippen LogP contribution is 2.25. The van der Waals surface area contributed by atoms with Crippen molar-refractivity contribution in [2.75, 3.05) is 0 Å². The van der Waals surface area contributed by atoms with E-state index < -0.39 is 0 Å². The molecule has 0 spiro atoms. The lowest BCUT2D eigenvalue weighted by Gasteiger charge is -2.17. The summed E-state index contributed by atoms with van der Waals surface area (Å²) in [6, 6.07) is 10.6. The van der Waals surface area contributed by atoms with Crippen molar-refractivity contribution < 1.29 is 4.39 Å². The number of hydrogen-bond donors (Lipinski definition) is 0. The van der Waals surface area contributed by atoms with Gasteiger partial charge in [0.15, 0.2) is 0 Å². The van der Waals surface area contributed by atoms with Crippen LogP contribution in [0, 0.1) is 0 Å². The van der Waals surface area contributed by atoms with Crippen molar-refractivity contribution >= 4 is 0 Å². The molecule has 118 valence electrons. The first-order chi connectivity index (χ1) is 10.7. The lowest BCUT2D eigenvalue weighted by Crippen LogP contribution is -2.09. The van der Waals surface area contributed by atoms with E-state index in [0.29, 0.717) is 5.92 Å². The Morgan fingerprint density at radius 2 is 2.05 bits per heavy atom. The van der Waals surface area contributed by atoms with Crippen LogP contribution in [0.4, 0.5) is 4.39 Å². The van der Waals surface area contributed by atoms with Crippen molar-refractivity contribution in [3.63, 3.8) is 0 Å². The van der Waals surface area contributed by atoms with Crippen molar-refractivity contribution in [2.24, 2.45) is 0 Å². The zero-order valence-electron chi connectivity index (χ0n) is 13.5. The third-order valence-corrected chi connectivity index (χ3v) is 3.91. The molecule has 1 aromatic heterocycles. The van der Waals surface area contributed by atoms with E-state index in [0.717, 1.165) is 31.4 Å². The van der Waals surface area contributed by atoms with Gasteiger partial charge in [0.1, 0.15) is 5.83 Å². The van der Waals surface area contributed by atoms with Gasteiger partial charge in [-0.3, -0.25) is 0 Å². The molecule has 0 radical (unpaired) electrons. The van der Waals surface area contributed by atoms with Crippen LogP contribution in [0.2, 0.25) is 0 Å².